The molecule has 0 aliphatic heterocycles. The first-order valence-corrected chi connectivity index (χ1v) is 5.88. The van der Waals surface area contributed by atoms with Crippen molar-refractivity contribution in [2.45, 2.75) is 32.2 Å². The Morgan fingerprint density at radius 1 is 1.43 bits per heavy atom. The summed E-state index contributed by atoms with van der Waals surface area (Å²) in [5, 5.41) is 0. The number of aromatic nitrogens is 2. The Hall–Kier alpha value is -0.870. The molecule has 0 aromatic carbocycles. The lowest BCUT2D eigenvalue weighted by atomic mass is 10.0. The summed E-state index contributed by atoms with van der Waals surface area (Å²) in [5.74, 6) is 1.01. The Morgan fingerprint density at radius 3 is 3.14 bits per heavy atom. The molecule has 0 spiro atoms. The number of nitrogens with zero attached hydrogens (tertiary/aromatic N) is 2. The molecular formula is C10H13N3S. The first-order chi connectivity index (χ1) is 6.90. The van der Waals surface area contributed by atoms with Crippen molar-refractivity contribution in [3.8, 4) is 0 Å². The van der Waals surface area contributed by atoms with Crippen molar-refractivity contribution in [2.24, 2.45) is 5.73 Å². The van der Waals surface area contributed by atoms with Gasteiger partial charge < -0.3 is 5.73 Å². The molecule has 4 heteroatoms. The van der Waals surface area contributed by atoms with Gasteiger partial charge in [0.05, 0.1) is 12.7 Å². The predicted octanol–water partition coefficient (Wildman–Crippen LogP) is 1.73. The van der Waals surface area contributed by atoms with Crippen molar-refractivity contribution in [1.82, 2.24) is 9.38 Å². The van der Waals surface area contributed by atoms with E-state index in [1.807, 2.05) is 17.5 Å². The fourth-order valence-corrected chi connectivity index (χ4v) is 3.43. The fourth-order valence-electron chi connectivity index (χ4n) is 2.21. The molecule has 3 rings (SSSR count). The monoisotopic (exact) mass is 207 g/mol. The van der Waals surface area contributed by atoms with E-state index in [-0.39, 0.29) is 0 Å². The summed E-state index contributed by atoms with van der Waals surface area (Å²) in [6, 6.07) is 0. The van der Waals surface area contributed by atoms with Gasteiger partial charge in [0.15, 0.2) is 0 Å². The maximum Gasteiger partial charge on any atom is 0.127 e. The van der Waals surface area contributed by atoms with Crippen LogP contribution >= 0.6 is 11.3 Å². The highest BCUT2D eigenvalue weighted by Crippen LogP contribution is 2.30. The van der Waals surface area contributed by atoms with Crippen LogP contribution in [0.5, 0.6) is 0 Å². The SMILES string of the molecule is NCc1ncc2sc3c(n12)CCCC3. The van der Waals surface area contributed by atoms with Gasteiger partial charge in [-0.15, -0.1) is 11.3 Å². The molecular weight excluding hydrogens is 194 g/mol. The lowest BCUT2D eigenvalue weighted by Gasteiger charge is -2.11. The van der Waals surface area contributed by atoms with Crippen LogP contribution in [0.25, 0.3) is 4.83 Å². The molecule has 2 heterocycles. The summed E-state index contributed by atoms with van der Waals surface area (Å²) >= 11 is 1.88. The zero-order valence-electron chi connectivity index (χ0n) is 7.99. The summed E-state index contributed by atoms with van der Waals surface area (Å²) in [6.45, 7) is 0.539. The fraction of sp³-hybridized carbons (Fsp3) is 0.500. The highest BCUT2D eigenvalue weighted by Gasteiger charge is 2.17. The number of nitrogens with two attached hydrogens (primary N) is 1. The first kappa shape index (κ1) is 8.44. The molecule has 2 aromatic rings. The van der Waals surface area contributed by atoms with Gasteiger partial charge in [0, 0.05) is 10.6 Å². The van der Waals surface area contributed by atoms with E-state index in [1.165, 1.54) is 36.2 Å². The van der Waals surface area contributed by atoms with E-state index in [1.54, 1.807) is 4.88 Å². The molecule has 2 N–H and O–H groups in total. The van der Waals surface area contributed by atoms with Crippen molar-refractivity contribution in [2.75, 3.05) is 0 Å². The highest BCUT2D eigenvalue weighted by atomic mass is 32.1. The maximum absolute atomic E-state index is 5.67. The van der Waals surface area contributed by atoms with Crippen LogP contribution in [0.15, 0.2) is 6.20 Å². The van der Waals surface area contributed by atoms with E-state index in [2.05, 4.69) is 9.38 Å². The van der Waals surface area contributed by atoms with Crippen LogP contribution in [0.3, 0.4) is 0 Å². The molecule has 0 amide bonds. The second-order valence-corrected chi connectivity index (χ2v) is 4.85. The second kappa shape index (κ2) is 3.07. The minimum atomic E-state index is 0.539. The van der Waals surface area contributed by atoms with Gasteiger partial charge in [-0.05, 0) is 25.7 Å². The lowest BCUT2D eigenvalue weighted by Crippen LogP contribution is -2.08. The topological polar surface area (TPSA) is 43.3 Å². The van der Waals surface area contributed by atoms with E-state index in [9.17, 15) is 0 Å². The summed E-state index contributed by atoms with van der Waals surface area (Å²) in [7, 11) is 0. The van der Waals surface area contributed by atoms with E-state index >= 15 is 0 Å². The predicted molar refractivity (Wildman–Crippen MR) is 57.6 cm³/mol. The number of rotatable bonds is 1. The third-order valence-corrected chi connectivity index (χ3v) is 4.06. The van der Waals surface area contributed by atoms with Gasteiger partial charge in [0.2, 0.25) is 0 Å². The van der Waals surface area contributed by atoms with Crippen LogP contribution in [-0.4, -0.2) is 9.38 Å². The van der Waals surface area contributed by atoms with Crippen LogP contribution in [-0.2, 0) is 19.4 Å². The highest BCUT2D eigenvalue weighted by molar-refractivity contribution is 7.17. The molecule has 0 fully saturated rings. The quantitative estimate of drug-likeness (QED) is 0.774. The average Bonchev–Trinajstić information content (AvgIpc) is 2.75. The number of fused-ring (bicyclic) bond motifs is 3. The zero-order chi connectivity index (χ0) is 9.54. The van der Waals surface area contributed by atoms with Crippen molar-refractivity contribution >= 4 is 16.2 Å². The van der Waals surface area contributed by atoms with Gasteiger partial charge in [-0.25, -0.2) is 4.98 Å². The van der Waals surface area contributed by atoms with Crippen molar-refractivity contribution in [1.29, 1.82) is 0 Å². The number of imidazole rings is 1. The summed E-state index contributed by atoms with van der Waals surface area (Å²) < 4.78 is 2.26. The Bertz CT molecular complexity index is 469. The number of aryl methyl sites for hydroxylation is 2. The first-order valence-electron chi connectivity index (χ1n) is 5.07. The number of hydrogen-bond acceptors (Lipinski definition) is 3. The lowest BCUT2D eigenvalue weighted by molar-refractivity contribution is 0.667. The third kappa shape index (κ3) is 1.04. The molecule has 2 aromatic heterocycles. The van der Waals surface area contributed by atoms with E-state index in [4.69, 9.17) is 5.73 Å². The molecule has 0 unspecified atom stereocenters. The van der Waals surface area contributed by atoms with Crippen LogP contribution in [0.2, 0.25) is 0 Å². The summed E-state index contributed by atoms with van der Waals surface area (Å²) in [4.78, 5) is 7.14. The molecule has 0 saturated heterocycles. The van der Waals surface area contributed by atoms with Gasteiger partial charge in [-0.3, -0.25) is 4.40 Å². The van der Waals surface area contributed by atoms with E-state index < -0.39 is 0 Å². The van der Waals surface area contributed by atoms with Gasteiger partial charge in [-0.1, -0.05) is 0 Å². The molecule has 0 bridgehead atoms. The van der Waals surface area contributed by atoms with Crippen molar-refractivity contribution in [3.05, 3.63) is 22.6 Å². The van der Waals surface area contributed by atoms with Crippen LogP contribution in [0.4, 0.5) is 0 Å². The minimum absolute atomic E-state index is 0.539. The zero-order valence-corrected chi connectivity index (χ0v) is 8.81. The van der Waals surface area contributed by atoms with Gasteiger partial charge in [0.1, 0.15) is 10.7 Å². The normalized spacial score (nSPS) is 16.1. The number of thiazole rings is 1. The summed E-state index contributed by atoms with van der Waals surface area (Å²) in [5.41, 5.74) is 7.14. The van der Waals surface area contributed by atoms with Crippen molar-refractivity contribution in [3.63, 3.8) is 0 Å². The smallest absolute Gasteiger partial charge is 0.127 e. The maximum atomic E-state index is 5.67. The van der Waals surface area contributed by atoms with Crippen LogP contribution in [0.1, 0.15) is 29.2 Å². The minimum Gasteiger partial charge on any atom is -0.324 e. The molecule has 74 valence electrons. The molecule has 0 saturated carbocycles. The van der Waals surface area contributed by atoms with Crippen LogP contribution in [0, 0.1) is 0 Å². The Kier molecular flexibility index (Phi) is 1.85. The Labute approximate surface area is 86.6 Å². The molecule has 1 aliphatic rings. The summed E-state index contributed by atoms with van der Waals surface area (Å²) in [6.07, 6.45) is 7.03. The molecule has 1 aliphatic carbocycles. The third-order valence-electron chi connectivity index (χ3n) is 2.87. The van der Waals surface area contributed by atoms with E-state index in [0.29, 0.717) is 6.54 Å². The molecule has 3 nitrogen and oxygen atoms in total. The Morgan fingerprint density at radius 2 is 2.29 bits per heavy atom. The molecule has 0 radical (unpaired) electrons. The van der Waals surface area contributed by atoms with Gasteiger partial charge in [-0.2, -0.15) is 0 Å². The van der Waals surface area contributed by atoms with Gasteiger partial charge in [0.25, 0.3) is 0 Å². The van der Waals surface area contributed by atoms with Gasteiger partial charge >= 0.3 is 0 Å². The Balaban J connectivity index is 2.29. The largest absolute Gasteiger partial charge is 0.324 e. The molecule has 14 heavy (non-hydrogen) atoms. The average molecular weight is 207 g/mol. The number of hydrogen-bond donors (Lipinski definition) is 1. The van der Waals surface area contributed by atoms with Crippen molar-refractivity contribution < 1.29 is 0 Å². The molecule has 0 atom stereocenters. The van der Waals surface area contributed by atoms with Crippen LogP contribution < -0.4 is 5.73 Å². The standard InChI is InChI=1S/C10H13N3S/c11-5-9-12-6-10-13(9)7-3-1-2-4-8(7)14-10/h6H,1-5,11H2. The second-order valence-electron chi connectivity index (χ2n) is 3.73. The van der Waals surface area contributed by atoms with E-state index in [0.717, 1.165) is 5.82 Å².